The van der Waals surface area contributed by atoms with Gasteiger partial charge in [0, 0.05) is 17.1 Å². The zero-order valence-electron chi connectivity index (χ0n) is 13.2. The first-order valence-electron chi connectivity index (χ1n) is 7.74. The van der Waals surface area contributed by atoms with Gasteiger partial charge in [-0.25, -0.2) is 0 Å². The molecule has 0 bridgehead atoms. The first-order chi connectivity index (χ1) is 12.0. The molecule has 1 aliphatic heterocycles. The van der Waals surface area contributed by atoms with Gasteiger partial charge >= 0.3 is 0 Å². The van der Waals surface area contributed by atoms with Gasteiger partial charge in [-0.1, -0.05) is 54.1 Å². The summed E-state index contributed by atoms with van der Waals surface area (Å²) in [5, 5.41) is 20.5. The third kappa shape index (κ3) is 3.16. The van der Waals surface area contributed by atoms with E-state index in [1.807, 2.05) is 0 Å². The van der Waals surface area contributed by atoms with Gasteiger partial charge in [0.2, 0.25) is 0 Å². The second-order valence-electron chi connectivity index (χ2n) is 5.63. The minimum Gasteiger partial charge on any atom is -0.507 e. The minimum atomic E-state index is -0.773. The Morgan fingerprint density at radius 1 is 1.04 bits per heavy atom. The smallest absolute Gasteiger partial charge is 0.295 e. The molecule has 1 fully saturated rings. The number of hydrogen-bond acceptors (Lipinski definition) is 4. The van der Waals surface area contributed by atoms with Gasteiger partial charge in [0.1, 0.15) is 5.76 Å². The summed E-state index contributed by atoms with van der Waals surface area (Å²) >= 11 is 5.92. The maximum atomic E-state index is 12.5. The van der Waals surface area contributed by atoms with Gasteiger partial charge < -0.3 is 15.1 Å². The fraction of sp³-hybridized carbons (Fsp3) is 0.158. The molecule has 2 N–H and O–H groups in total. The molecule has 0 spiro atoms. The van der Waals surface area contributed by atoms with Crippen molar-refractivity contribution in [2.45, 2.75) is 6.04 Å². The number of ketones is 1. The van der Waals surface area contributed by atoms with Gasteiger partial charge in [0.05, 0.1) is 18.2 Å². The van der Waals surface area contributed by atoms with Gasteiger partial charge in [-0.05, 0) is 17.7 Å². The van der Waals surface area contributed by atoms with Crippen LogP contribution in [0.15, 0.2) is 60.2 Å². The topological polar surface area (TPSA) is 77.8 Å². The summed E-state index contributed by atoms with van der Waals surface area (Å²) in [5.74, 6) is -1.75. The Hall–Kier alpha value is -2.63. The van der Waals surface area contributed by atoms with Crippen LogP contribution < -0.4 is 0 Å². The third-order valence-corrected chi connectivity index (χ3v) is 4.37. The summed E-state index contributed by atoms with van der Waals surface area (Å²) < 4.78 is 0. The van der Waals surface area contributed by atoms with E-state index in [2.05, 4.69) is 0 Å². The number of likely N-dealkylation sites (tertiary alicyclic amines) is 1. The van der Waals surface area contributed by atoms with E-state index in [0.29, 0.717) is 16.1 Å². The van der Waals surface area contributed by atoms with Crippen LogP contribution in [0.5, 0.6) is 0 Å². The molecule has 1 aliphatic rings. The molecule has 0 radical (unpaired) electrons. The van der Waals surface area contributed by atoms with E-state index in [1.54, 1.807) is 54.6 Å². The Kier molecular flexibility index (Phi) is 4.88. The first-order valence-corrected chi connectivity index (χ1v) is 8.12. The Labute approximate surface area is 149 Å². The summed E-state index contributed by atoms with van der Waals surface area (Å²) in [6, 6.07) is 14.5. The summed E-state index contributed by atoms with van der Waals surface area (Å²) in [6.07, 6.45) is 0. The highest BCUT2D eigenvalue weighted by Crippen LogP contribution is 2.39. The standard InChI is InChI=1S/C19H16ClNO4/c20-14-8-6-12(7-9-14)16-15(17(23)13-4-2-1-3-5-13)18(24)19(25)21(16)10-11-22/h1-9,16,22-23H,10-11H2/b17-15+. The highest BCUT2D eigenvalue weighted by atomic mass is 35.5. The molecule has 1 heterocycles. The third-order valence-electron chi connectivity index (χ3n) is 4.11. The quantitative estimate of drug-likeness (QED) is 0.501. The molecule has 1 unspecified atom stereocenters. The molecule has 6 heteroatoms. The lowest BCUT2D eigenvalue weighted by Crippen LogP contribution is -2.32. The second-order valence-corrected chi connectivity index (χ2v) is 6.07. The highest BCUT2D eigenvalue weighted by Gasteiger charge is 2.45. The van der Waals surface area contributed by atoms with Crippen LogP contribution in [-0.2, 0) is 9.59 Å². The van der Waals surface area contributed by atoms with Crippen molar-refractivity contribution in [3.05, 3.63) is 76.3 Å². The van der Waals surface area contributed by atoms with Crippen LogP contribution in [-0.4, -0.2) is 40.0 Å². The molecule has 0 aliphatic carbocycles. The molecular formula is C19H16ClNO4. The van der Waals surface area contributed by atoms with Gasteiger partial charge in [-0.3, -0.25) is 9.59 Å². The van der Waals surface area contributed by atoms with Gasteiger partial charge in [-0.2, -0.15) is 0 Å². The van der Waals surface area contributed by atoms with E-state index in [9.17, 15) is 19.8 Å². The molecule has 0 aromatic heterocycles. The zero-order chi connectivity index (χ0) is 18.0. The maximum Gasteiger partial charge on any atom is 0.295 e. The van der Waals surface area contributed by atoms with Gasteiger partial charge in [0.15, 0.2) is 0 Å². The molecule has 25 heavy (non-hydrogen) atoms. The number of β-amino-alcohol motifs (C(OH)–C–C–N with tert-alkyl or cyclic N) is 1. The molecule has 2 aromatic rings. The molecule has 1 atom stereocenters. The van der Waals surface area contributed by atoms with Gasteiger partial charge in [-0.15, -0.1) is 0 Å². The summed E-state index contributed by atoms with van der Waals surface area (Å²) in [5.41, 5.74) is 1.09. The molecule has 3 rings (SSSR count). The van der Waals surface area contributed by atoms with Crippen molar-refractivity contribution in [1.29, 1.82) is 0 Å². The van der Waals surface area contributed by atoms with Crippen molar-refractivity contribution in [3.63, 3.8) is 0 Å². The van der Waals surface area contributed by atoms with Crippen LogP contribution >= 0.6 is 11.6 Å². The van der Waals surface area contributed by atoms with E-state index >= 15 is 0 Å². The lowest BCUT2D eigenvalue weighted by molar-refractivity contribution is -0.140. The van der Waals surface area contributed by atoms with E-state index in [1.165, 1.54) is 4.90 Å². The van der Waals surface area contributed by atoms with E-state index < -0.39 is 17.7 Å². The zero-order valence-corrected chi connectivity index (χ0v) is 14.0. The predicted molar refractivity (Wildman–Crippen MR) is 94.0 cm³/mol. The fourth-order valence-corrected chi connectivity index (χ4v) is 3.09. The Balaban J connectivity index is 2.18. The van der Waals surface area contributed by atoms with E-state index in [0.717, 1.165) is 0 Å². The Morgan fingerprint density at radius 3 is 2.28 bits per heavy atom. The molecule has 5 nitrogen and oxygen atoms in total. The number of halogens is 1. The lowest BCUT2D eigenvalue weighted by atomic mass is 9.95. The molecule has 0 saturated carbocycles. The number of nitrogens with zero attached hydrogens (tertiary/aromatic N) is 1. The number of Topliss-reactive ketones (excluding diaryl/α,β-unsaturated/α-hetero) is 1. The largest absolute Gasteiger partial charge is 0.507 e. The summed E-state index contributed by atoms with van der Waals surface area (Å²) in [6.45, 7) is -0.300. The maximum absolute atomic E-state index is 12.5. The monoisotopic (exact) mass is 357 g/mol. The molecule has 1 saturated heterocycles. The number of aliphatic hydroxyl groups excluding tert-OH is 2. The van der Waals surface area contributed by atoms with Crippen LogP contribution in [0.2, 0.25) is 5.02 Å². The van der Waals surface area contributed by atoms with Crippen molar-refractivity contribution >= 4 is 29.1 Å². The average molecular weight is 358 g/mol. The van der Waals surface area contributed by atoms with Crippen molar-refractivity contribution < 1.29 is 19.8 Å². The average Bonchev–Trinajstić information content (AvgIpc) is 2.88. The Morgan fingerprint density at radius 2 is 1.68 bits per heavy atom. The van der Waals surface area contributed by atoms with Crippen LogP contribution in [0.25, 0.3) is 5.76 Å². The molecule has 1 amide bonds. The summed E-state index contributed by atoms with van der Waals surface area (Å²) in [4.78, 5) is 26.2. The second kappa shape index (κ2) is 7.09. The molecule has 128 valence electrons. The minimum absolute atomic E-state index is 0.00646. The highest BCUT2D eigenvalue weighted by molar-refractivity contribution is 6.46. The number of aliphatic hydroxyl groups is 2. The van der Waals surface area contributed by atoms with Crippen molar-refractivity contribution in [1.82, 2.24) is 4.90 Å². The first kappa shape index (κ1) is 17.2. The molecular weight excluding hydrogens is 342 g/mol. The van der Waals surface area contributed by atoms with Crippen molar-refractivity contribution in [2.75, 3.05) is 13.2 Å². The summed E-state index contributed by atoms with van der Waals surface area (Å²) in [7, 11) is 0. The van der Waals surface area contributed by atoms with E-state index in [4.69, 9.17) is 11.6 Å². The fourth-order valence-electron chi connectivity index (χ4n) is 2.96. The number of carbonyl (C=O) groups excluding carboxylic acids is 2. The predicted octanol–water partition coefficient (Wildman–Crippen LogP) is 2.75. The SMILES string of the molecule is O=C1C(=O)N(CCO)C(c2ccc(Cl)cc2)/C1=C(\O)c1ccccc1. The van der Waals surface area contributed by atoms with Crippen molar-refractivity contribution in [3.8, 4) is 0 Å². The number of rotatable bonds is 4. The van der Waals surface area contributed by atoms with Gasteiger partial charge in [0.25, 0.3) is 11.7 Å². The number of benzene rings is 2. The van der Waals surface area contributed by atoms with Crippen LogP contribution in [0.4, 0.5) is 0 Å². The van der Waals surface area contributed by atoms with Crippen LogP contribution in [0.3, 0.4) is 0 Å². The van der Waals surface area contributed by atoms with E-state index in [-0.39, 0.29) is 24.5 Å². The van der Waals surface area contributed by atoms with Crippen LogP contribution in [0.1, 0.15) is 17.2 Å². The number of carbonyl (C=O) groups is 2. The van der Waals surface area contributed by atoms with Crippen LogP contribution in [0, 0.1) is 0 Å². The van der Waals surface area contributed by atoms with Crippen molar-refractivity contribution in [2.24, 2.45) is 0 Å². The normalized spacial score (nSPS) is 19.4. The number of amides is 1. The Bertz CT molecular complexity index is 830. The molecule has 2 aromatic carbocycles. The lowest BCUT2D eigenvalue weighted by Gasteiger charge is -2.24. The number of hydrogen-bond donors (Lipinski definition) is 2.